The van der Waals surface area contributed by atoms with Gasteiger partial charge in [0.25, 0.3) is 5.69 Å². The summed E-state index contributed by atoms with van der Waals surface area (Å²) < 4.78 is 24.3. The lowest BCUT2D eigenvalue weighted by Gasteiger charge is -2.08. The van der Waals surface area contributed by atoms with Crippen LogP contribution in [0.25, 0.3) is 22.2 Å². The van der Waals surface area contributed by atoms with E-state index >= 15 is 0 Å². The first-order valence-corrected chi connectivity index (χ1v) is 8.82. The van der Waals surface area contributed by atoms with Crippen LogP contribution >= 0.6 is 0 Å². The Labute approximate surface area is 138 Å². The minimum absolute atomic E-state index is 0.0239. The van der Waals surface area contributed by atoms with Crippen molar-refractivity contribution in [2.45, 2.75) is 24.0 Å². The first kappa shape index (κ1) is 16.1. The van der Waals surface area contributed by atoms with Crippen molar-refractivity contribution in [2.24, 2.45) is 0 Å². The molecule has 0 atom stereocenters. The number of nitrogens with one attached hydrogen (secondary N) is 1. The molecule has 0 aliphatic rings. The van der Waals surface area contributed by atoms with Gasteiger partial charge in [0, 0.05) is 23.1 Å². The minimum atomic E-state index is -3.34. The van der Waals surface area contributed by atoms with E-state index in [1.165, 1.54) is 24.3 Å². The third-order valence-corrected chi connectivity index (χ3v) is 6.00. The van der Waals surface area contributed by atoms with E-state index in [1.807, 2.05) is 0 Å². The Morgan fingerprint density at radius 2 is 1.79 bits per heavy atom. The monoisotopic (exact) mass is 345 g/mol. The standard InChI is InChI=1S/C16H15N3O4S/c1-10(2)24(22,23)13-6-3-11(4-7-13)16-14-9-12(19(20)21)5-8-15(14)17-18-16/h3-10H,1-2H3,(H,17,18). The third kappa shape index (κ3) is 2.65. The van der Waals surface area contributed by atoms with Crippen LogP contribution in [0.15, 0.2) is 47.4 Å². The largest absolute Gasteiger partial charge is 0.277 e. The molecule has 3 rings (SSSR count). The lowest BCUT2D eigenvalue weighted by atomic mass is 10.1. The van der Waals surface area contributed by atoms with Gasteiger partial charge in [-0.25, -0.2) is 8.42 Å². The van der Waals surface area contributed by atoms with Crippen LogP contribution in [0.1, 0.15) is 13.8 Å². The maximum absolute atomic E-state index is 12.2. The number of nitro benzene ring substituents is 1. The van der Waals surface area contributed by atoms with Crippen molar-refractivity contribution in [1.29, 1.82) is 0 Å². The summed E-state index contributed by atoms with van der Waals surface area (Å²) in [6.07, 6.45) is 0. The zero-order valence-electron chi connectivity index (χ0n) is 13.1. The van der Waals surface area contributed by atoms with E-state index in [0.29, 0.717) is 22.2 Å². The van der Waals surface area contributed by atoms with E-state index < -0.39 is 20.0 Å². The Balaban J connectivity index is 2.08. The second-order valence-electron chi connectivity index (χ2n) is 5.68. The number of sulfone groups is 1. The maximum Gasteiger partial charge on any atom is 0.270 e. The molecule has 0 amide bonds. The summed E-state index contributed by atoms with van der Waals surface area (Å²) in [6, 6.07) is 10.8. The molecule has 0 aliphatic carbocycles. The molecule has 2 aromatic carbocycles. The minimum Gasteiger partial charge on any atom is -0.277 e. The van der Waals surface area contributed by atoms with Crippen molar-refractivity contribution in [1.82, 2.24) is 10.2 Å². The molecule has 24 heavy (non-hydrogen) atoms. The molecule has 0 spiro atoms. The highest BCUT2D eigenvalue weighted by molar-refractivity contribution is 7.92. The van der Waals surface area contributed by atoms with Gasteiger partial charge in [-0.3, -0.25) is 15.2 Å². The predicted octanol–water partition coefficient (Wildman–Crippen LogP) is 3.32. The van der Waals surface area contributed by atoms with E-state index in [2.05, 4.69) is 10.2 Å². The molecule has 0 radical (unpaired) electrons. The van der Waals surface area contributed by atoms with Crippen molar-refractivity contribution in [3.8, 4) is 11.3 Å². The third-order valence-electron chi connectivity index (χ3n) is 3.83. The Morgan fingerprint density at radius 3 is 2.38 bits per heavy atom. The molecule has 0 saturated heterocycles. The summed E-state index contributed by atoms with van der Waals surface area (Å²) in [5, 5.41) is 18.1. The highest BCUT2D eigenvalue weighted by Gasteiger charge is 2.19. The van der Waals surface area contributed by atoms with Gasteiger partial charge in [-0.2, -0.15) is 5.10 Å². The predicted molar refractivity (Wildman–Crippen MR) is 90.5 cm³/mol. The number of nitro groups is 1. The van der Waals surface area contributed by atoms with Gasteiger partial charge in [-0.15, -0.1) is 0 Å². The summed E-state index contributed by atoms with van der Waals surface area (Å²) in [4.78, 5) is 10.7. The number of benzene rings is 2. The molecular weight excluding hydrogens is 330 g/mol. The lowest BCUT2D eigenvalue weighted by Crippen LogP contribution is -2.13. The van der Waals surface area contributed by atoms with Crippen LogP contribution in [0, 0.1) is 10.1 Å². The number of hydrogen-bond donors (Lipinski definition) is 1. The summed E-state index contributed by atoms with van der Waals surface area (Å²) >= 11 is 0. The Kier molecular flexibility index (Phi) is 3.84. The van der Waals surface area contributed by atoms with Gasteiger partial charge in [0.05, 0.1) is 20.6 Å². The second kappa shape index (κ2) is 5.72. The molecule has 124 valence electrons. The first-order chi connectivity index (χ1) is 11.3. The summed E-state index contributed by atoms with van der Waals surface area (Å²) in [6.45, 7) is 3.26. The van der Waals surface area contributed by atoms with Gasteiger partial charge in [-0.1, -0.05) is 12.1 Å². The van der Waals surface area contributed by atoms with Gasteiger partial charge in [0.2, 0.25) is 0 Å². The number of aromatic amines is 1. The Hall–Kier alpha value is -2.74. The first-order valence-electron chi connectivity index (χ1n) is 7.27. The van der Waals surface area contributed by atoms with Crippen molar-refractivity contribution in [2.75, 3.05) is 0 Å². The molecule has 3 aromatic rings. The quantitative estimate of drug-likeness (QED) is 0.577. The summed E-state index contributed by atoms with van der Waals surface area (Å²) in [5.74, 6) is 0. The molecule has 1 heterocycles. The van der Waals surface area contributed by atoms with Crippen LogP contribution in [0.3, 0.4) is 0 Å². The SMILES string of the molecule is CC(C)S(=O)(=O)c1ccc(-c2n[nH]c3ccc([N+](=O)[O-])cc23)cc1. The zero-order chi connectivity index (χ0) is 17.5. The van der Waals surface area contributed by atoms with E-state index in [0.717, 1.165) is 0 Å². The smallest absolute Gasteiger partial charge is 0.270 e. The molecule has 0 unspecified atom stereocenters. The highest BCUT2D eigenvalue weighted by atomic mass is 32.2. The normalized spacial score (nSPS) is 12.0. The van der Waals surface area contributed by atoms with Crippen LogP contribution in [-0.4, -0.2) is 28.8 Å². The lowest BCUT2D eigenvalue weighted by molar-refractivity contribution is -0.384. The maximum atomic E-state index is 12.2. The molecular formula is C16H15N3O4S. The van der Waals surface area contributed by atoms with Gasteiger partial charge in [0.1, 0.15) is 5.69 Å². The fourth-order valence-electron chi connectivity index (χ4n) is 2.41. The van der Waals surface area contributed by atoms with Crippen molar-refractivity contribution >= 4 is 26.4 Å². The van der Waals surface area contributed by atoms with Crippen LogP contribution < -0.4 is 0 Å². The van der Waals surface area contributed by atoms with Crippen molar-refractivity contribution in [3.05, 3.63) is 52.6 Å². The summed E-state index contributed by atoms with van der Waals surface area (Å²) in [7, 11) is -3.34. The molecule has 0 fully saturated rings. The number of hydrogen-bond acceptors (Lipinski definition) is 5. The van der Waals surface area contributed by atoms with E-state index in [-0.39, 0.29) is 10.6 Å². The molecule has 8 heteroatoms. The summed E-state index contributed by atoms with van der Waals surface area (Å²) in [5.41, 5.74) is 1.88. The molecule has 1 N–H and O–H groups in total. The van der Waals surface area contributed by atoms with E-state index in [1.54, 1.807) is 32.0 Å². The fraction of sp³-hybridized carbons (Fsp3) is 0.188. The second-order valence-corrected chi connectivity index (χ2v) is 8.18. The van der Waals surface area contributed by atoms with E-state index in [9.17, 15) is 18.5 Å². The number of fused-ring (bicyclic) bond motifs is 1. The van der Waals surface area contributed by atoms with Crippen LogP contribution in [-0.2, 0) is 9.84 Å². The molecule has 7 nitrogen and oxygen atoms in total. The Bertz CT molecular complexity index is 1020. The van der Waals surface area contributed by atoms with Crippen molar-refractivity contribution in [3.63, 3.8) is 0 Å². The number of rotatable bonds is 4. The number of non-ortho nitro benzene ring substituents is 1. The molecule has 0 aliphatic heterocycles. The van der Waals surface area contributed by atoms with Gasteiger partial charge in [0.15, 0.2) is 9.84 Å². The molecule has 1 aromatic heterocycles. The average molecular weight is 345 g/mol. The molecule has 0 bridgehead atoms. The van der Waals surface area contributed by atoms with Crippen LogP contribution in [0.2, 0.25) is 0 Å². The van der Waals surface area contributed by atoms with Gasteiger partial charge < -0.3 is 0 Å². The number of aromatic nitrogens is 2. The average Bonchev–Trinajstić information content (AvgIpc) is 2.97. The highest BCUT2D eigenvalue weighted by Crippen LogP contribution is 2.30. The van der Waals surface area contributed by atoms with Gasteiger partial charge >= 0.3 is 0 Å². The number of H-pyrrole nitrogens is 1. The van der Waals surface area contributed by atoms with Crippen LogP contribution in [0.5, 0.6) is 0 Å². The van der Waals surface area contributed by atoms with E-state index in [4.69, 9.17) is 0 Å². The fourth-order valence-corrected chi connectivity index (χ4v) is 3.47. The van der Waals surface area contributed by atoms with Crippen molar-refractivity contribution < 1.29 is 13.3 Å². The Morgan fingerprint density at radius 1 is 1.12 bits per heavy atom. The molecule has 0 saturated carbocycles. The zero-order valence-corrected chi connectivity index (χ0v) is 13.9. The topological polar surface area (TPSA) is 106 Å². The van der Waals surface area contributed by atoms with Crippen LogP contribution in [0.4, 0.5) is 5.69 Å². The number of nitrogens with zero attached hydrogens (tertiary/aromatic N) is 2. The van der Waals surface area contributed by atoms with Gasteiger partial charge in [-0.05, 0) is 32.0 Å².